The highest BCUT2D eigenvalue weighted by Gasteiger charge is 2.48. The highest BCUT2D eigenvalue weighted by molar-refractivity contribution is 5.85. The molecule has 1 aromatic carbocycles. The number of alkyl halides is 2. The maximum absolute atomic E-state index is 13.4. The summed E-state index contributed by atoms with van der Waals surface area (Å²) in [6.45, 7) is -1.21. The van der Waals surface area contributed by atoms with Crippen molar-refractivity contribution in [1.29, 1.82) is 0 Å². The molecule has 1 N–H and O–H groups in total. The first-order valence-electron chi connectivity index (χ1n) is 4.67. The summed E-state index contributed by atoms with van der Waals surface area (Å²) in [6, 6.07) is 0.671. The molecular formula is C10H8ClF4NO2. The van der Waals surface area contributed by atoms with Crippen LogP contribution in [-0.4, -0.2) is 18.6 Å². The van der Waals surface area contributed by atoms with Crippen molar-refractivity contribution in [2.45, 2.75) is 12.0 Å². The molecule has 1 fully saturated rings. The molecule has 0 bridgehead atoms. The third-order valence-corrected chi connectivity index (χ3v) is 2.37. The van der Waals surface area contributed by atoms with Gasteiger partial charge in [-0.25, -0.2) is 22.4 Å². The summed E-state index contributed by atoms with van der Waals surface area (Å²) in [4.78, 5) is 10.8. The van der Waals surface area contributed by atoms with E-state index in [-0.39, 0.29) is 12.4 Å². The van der Waals surface area contributed by atoms with Crippen molar-refractivity contribution >= 4 is 18.5 Å². The van der Waals surface area contributed by atoms with Crippen LogP contribution in [0.25, 0.3) is 0 Å². The summed E-state index contributed by atoms with van der Waals surface area (Å²) >= 11 is 0. The van der Waals surface area contributed by atoms with Gasteiger partial charge in [-0.2, -0.15) is 0 Å². The van der Waals surface area contributed by atoms with E-state index in [0.717, 1.165) is 18.2 Å². The van der Waals surface area contributed by atoms with Crippen molar-refractivity contribution in [3.8, 4) is 0 Å². The summed E-state index contributed by atoms with van der Waals surface area (Å²) in [6.07, 6.45) is -1.14. The van der Waals surface area contributed by atoms with E-state index in [0.29, 0.717) is 0 Å². The van der Waals surface area contributed by atoms with E-state index in [4.69, 9.17) is 0 Å². The summed E-state index contributed by atoms with van der Waals surface area (Å²) in [5.41, 5.74) is -0.867. The van der Waals surface area contributed by atoms with Crippen LogP contribution in [0.1, 0.15) is 11.6 Å². The van der Waals surface area contributed by atoms with Gasteiger partial charge in [-0.3, -0.25) is 0 Å². The molecule has 1 atom stereocenters. The fourth-order valence-electron chi connectivity index (χ4n) is 1.58. The molecule has 100 valence electrons. The fourth-order valence-corrected chi connectivity index (χ4v) is 1.58. The van der Waals surface area contributed by atoms with Crippen LogP contribution in [-0.2, 0) is 4.74 Å². The average Bonchev–Trinajstić information content (AvgIpc) is 2.23. The molecule has 1 heterocycles. The van der Waals surface area contributed by atoms with Gasteiger partial charge in [-0.15, -0.1) is 12.4 Å². The maximum Gasteiger partial charge on any atom is 0.408 e. The Morgan fingerprint density at radius 3 is 2.39 bits per heavy atom. The van der Waals surface area contributed by atoms with Gasteiger partial charge in [0.15, 0.2) is 6.61 Å². The lowest BCUT2D eigenvalue weighted by Crippen LogP contribution is -2.50. The van der Waals surface area contributed by atoms with E-state index < -0.39 is 41.9 Å². The summed E-state index contributed by atoms with van der Waals surface area (Å²) in [5, 5.41) is 1.71. The van der Waals surface area contributed by atoms with Crippen molar-refractivity contribution < 1.29 is 27.1 Å². The first-order chi connectivity index (χ1) is 7.92. The number of cyclic esters (lactones) is 1. The van der Waals surface area contributed by atoms with Crippen LogP contribution in [0.3, 0.4) is 0 Å². The Kier molecular flexibility index (Phi) is 4.05. The molecule has 0 radical (unpaired) electrons. The van der Waals surface area contributed by atoms with E-state index in [9.17, 15) is 22.4 Å². The molecular weight excluding hydrogens is 278 g/mol. The first-order valence-corrected chi connectivity index (χ1v) is 4.67. The minimum atomic E-state index is -3.57. The number of rotatable bonds is 1. The van der Waals surface area contributed by atoms with Crippen LogP contribution in [0.5, 0.6) is 0 Å². The van der Waals surface area contributed by atoms with E-state index in [2.05, 4.69) is 4.74 Å². The number of hydrogen-bond donors (Lipinski definition) is 1. The zero-order valence-electron chi connectivity index (χ0n) is 8.75. The second-order valence-electron chi connectivity index (χ2n) is 3.55. The molecule has 0 spiro atoms. The number of nitrogens with one attached hydrogen (secondary N) is 1. The predicted molar refractivity (Wildman–Crippen MR) is 55.8 cm³/mol. The quantitative estimate of drug-likeness (QED) is 0.806. The molecule has 3 nitrogen and oxygen atoms in total. The normalized spacial score (nSPS) is 21.6. The van der Waals surface area contributed by atoms with Crippen LogP contribution in [0, 0.1) is 11.6 Å². The number of amides is 1. The molecule has 1 aliphatic heterocycles. The van der Waals surface area contributed by atoms with Gasteiger partial charge in [-0.05, 0) is 12.1 Å². The van der Waals surface area contributed by atoms with Crippen LogP contribution in [0.15, 0.2) is 18.2 Å². The molecule has 1 aliphatic rings. The number of carbonyl (C=O) groups is 1. The molecule has 1 aromatic rings. The number of ether oxygens (including phenoxy) is 1. The molecule has 0 saturated carbocycles. The zero-order valence-corrected chi connectivity index (χ0v) is 9.57. The molecule has 1 amide bonds. The van der Waals surface area contributed by atoms with E-state index in [1.165, 1.54) is 0 Å². The first kappa shape index (κ1) is 14.6. The second-order valence-corrected chi connectivity index (χ2v) is 3.55. The lowest BCUT2D eigenvalue weighted by molar-refractivity contribution is -0.105. The lowest BCUT2D eigenvalue weighted by atomic mass is 9.99. The van der Waals surface area contributed by atoms with Crippen LogP contribution in [0.2, 0.25) is 0 Å². The molecule has 18 heavy (non-hydrogen) atoms. The molecule has 0 aliphatic carbocycles. The van der Waals surface area contributed by atoms with Crippen LogP contribution >= 0.6 is 12.4 Å². The Labute approximate surface area is 106 Å². The van der Waals surface area contributed by atoms with Crippen molar-refractivity contribution in [1.82, 2.24) is 5.32 Å². The highest BCUT2D eigenvalue weighted by Crippen LogP contribution is 2.36. The Balaban J connectivity index is 0.00000162. The second kappa shape index (κ2) is 5.01. The fraction of sp³-hybridized carbons (Fsp3) is 0.300. The summed E-state index contributed by atoms with van der Waals surface area (Å²) in [7, 11) is 0. The van der Waals surface area contributed by atoms with E-state index in [1.807, 2.05) is 0 Å². The minimum Gasteiger partial charge on any atom is -0.443 e. The molecule has 8 heteroatoms. The smallest absolute Gasteiger partial charge is 0.408 e. The van der Waals surface area contributed by atoms with Gasteiger partial charge in [-0.1, -0.05) is 6.07 Å². The Morgan fingerprint density at radius 2 is 1.83 bits per heavy atom. The Hall–Kier alpha value is -1.50. The van der Waals surface area contributed by atoms with Crippen LogP contribution < -0.4 is 5.32 Å². The van der Waals surface area contributed by atoms with Gasteiger partial charge >= 0.3 is 12.0 Å². The lowest BCUT2D eigenvalue weighted by Gasteiger charge is -2.32. The zero-order chi connectivity index (χ0) is 12.6. The predicted octanol–water partition coefficient (Wildman–Crippen LogP) is 2.80. The molecule has 2 rings (SSSR count). The van der Waals surface area contributed by atoms with Crippen molar-refractivity contribution in [2.24, 2.45) is 0 Å². The molecule has 0 unspecified atom stereocenters. The number of carbonyl (C=O) groups excluding carboxylic acids is 1. The number of hydrogen-bond acceptors (Lipinski definition) is 2. The van der Waals surface area contributed by atoms with Gasteiger partial charge < -0.3 is 10.1 Å². The van der Waals surface area contributed by atoms with E-state index >= 15 is 0 Å². The average molecular weight is 286 g/mol. The third kappa shape index (κ3) is 2.50. The van der Waals surface area contributed by atoms with Crippen molar-refractivity contribution in [3.63, 3.8) is 0 Å². The van der Waals surface area contributed by atoms with Gasteiger partial charge in [0.2, 0.25) is 0 Å². The highest BCUT2D eigenvalue weighted by atomic mass is 35.5. The number of halogens is 5. The third-order valence-electron chi connectivity index (χ3n) is 2.37. The van der Waals surface area contributed by atoms with Gasteiger partial charge in [0.05, 0.1) is 5.56 Å². The number of alkyl carbamates (subject to hydrolysis) is 1. The molecule has 0 aromatic heterocycles. The maximum atomic E-state index is 13.4. The van der Waals surface area contributed by atoms with Gasteiger partial charge in [0, 0.05) is 0 Å². The topological polar surface area (TPSA) is 38.3 Å². The standard InChI is InChI=1S/C10H7F4NO2.ClH/c11-5-2-1-3-6(12)7(5)8-10(13,14)4-17-9(16)15-8;/h1-3,8H,4H2,(H,15,16);1H/t8-;/m1./s1. The van der Waals surface area contributed by atoms with Gasteiger partial charge in [0.25, 0.3) is 0 Å². The largest absolute Gasteiger partial charge is 0.443 e. The minimum absolute atomic E-state index is 0. The molecule has 1 saturated heterocycles. The monoisotopic (exact) mass is 285 g/mol. The van der Waals surface area contributed by atoms with Crippen LogP contribution in [0.4, 0.5) is 22.4 Å². The van der Waals surface area contributed by atoms with E-state index in [1.54, 1.807) is 5.32 Å². The SMILES string of the molecule is Cl.O=C1N[C@H](c2c(F)cccc2F)C(F)(F)CO1. The Bertz CT molecular complexity index is 449. The summed E-state index contributed by atoms with van der Waals surface area (Å²) < 4.78 is 57.6. The summed E-state index contributed by atoms with van der Waals surface area (Å²) in [5.74, 6) is -5.86. The van der Waals surface area contributed by atoms with Crippen molar-refractivity contribution in [3.05, 3.63) is 35.4 Å². The van der Waals surface area contributed by atoms with Gasteiger partial charge in [0.1, 0.15) is 17.7 Å². The Morgan fingerprint density at radius 1 is 1.28 bits per heavy atom. The number of benzene rings is 1. The van der Waals surface area contributed by atoms with Crippen molar-refractivity contribution in [2.75, 3.05) is 6.61 Å².